The molecule has 0 bridgehead atoms. The summed E-state index contributed by atoms with van der Waals surface area (Å²) in [6.45, 7) is 9.37. The monoisotopic (exact) mass is 524 g/mol. The molecule has 1 saturated heterocycles. The zero-order valence-electron chi connectivity index (χ0n) is 22.8. The molecule has 1 aromatic rings. The highest BCUT2D eigenvalue weighted by atomic mass is 16.7. The van der Waals surface area contributed by atoms with Crippen molar-refractivity contribution in [2.75, 3.05) is 27.6 Å². The fourth-order valence-corrected chi connectivity index (χ4v) is 3.84. The van der Waals surface area contributed by atoms with E-state index in [-0.39, 0.29) is 29.2 Å². The van der Waals surface area contributed by atoms with Crippen LogP contribution in [0.15, 0.2) is 12.3 Å². The summed E-state index contributed by atoms with van der Waals surface area (Å²) in [5, 5.41) is 2.71. The number of methoxy groups -OCH3 is 2. The van der Waals surface area contributed by atoms with Crippen molar-refractivity contribution in [3.8, 4) is 11.5 Å². The molecule has 2 rings (SSSR count). The first-order valence-corrected chi connectivity index (χ1v) is 12.6. The molecule has 0 saturated carbocycles. The Morgan fingerprint density at radius 3 is 2.54 bits per heavy atom. The normalized spacial score (nSPS) is 22.5. The van der Waals surface area contributed by atoms with Crippen molar-refractivity contribution < 1.29 is 42.8 Å². The van der Waals surface area contributed by atoms with Crippen LogP contribution in [0.25, 0.3) is 0 Å². The maximum Gasteiger partial charge on any atom is 0.329 e. The Kier molecular flexibility index (Phi) is 12.1. The molecule has 1 aliphatic rings. The van der Waals surface area contributed by atoms with E-state index in [0.29, 0.717) is 31.8 Å². The molecule has 4 unspecified atom stereocenters. The third-order valence-corrected chi connectivity index (χ3v) is 5.80. The Balaban J connectivity index is 2.17. The first-order valence-electron chi connectivity index (χ1n) is 12.6. The van der Waals surface area contributed by atoms with Gasteiger partial charge >= 0.3 is 11.9 Å². The Morgan fingerprint density at radius 2 is 1.92 bits per heavy atom. The largest absolute Gasteiger partial charge is 0.493 e. The summed E-state index contributed by atoms with van der Waals surface area (Å²) in [7, 11) is 2.97. The number of ether oxygens (including phenoxy) is 6. The summed E-state index contributed by atoms with van der Waals surface area (Å²) in [5.74, 6) is -1.48. The van der Waals surface area contributed by atoms with Gasteiger partial charge in [-0.25, -0.2) is 9.78 Å². The van der Waals surface area contributed by atoms with E-state index in [1.54, 1.807) is 27.9 Å². The number of hydrogen-bond donors (Lipinski definition) is 1. The van der Waals surface area contributed by atoms with Crippen LogP contribution >= 0.6 is 0 Å². The molecule has 2 heterocycles. The lowest BCUT2D eigenvalue weighted by atomic mass is 10.0. The summed E-state index contributed by atoms with van der Waals surface area (Å²) in [5.41, 5.74) is -0.117. The van der Waals surface area contributed by atoms with Gasteiger partial charge in [0.15, 0.2) is 17.2 Å². The van der Waals surface area contributed by atoms with E-state index in [9.17, 15) is 14.4 Å². The van der Waals surface area contributed by atoms with Gasteiger partial charge in [0.1, 0.15) is 18.2 Å². The number of cyclic esters (lactones) is 1. The minimum atomic E-state index is -0.920. The number of nitrogens with one attached hydrogen (secondary N) is 1. The summed E-state index contributed by atoms with van der Waals surface area (Å²) in [6.07, 6.45) is 1.66. The molecule has 0 spiro atoms. The number of hydrogen-bond acceptors (Lipinski definition) is 10. The summed E-state index contributed by atoms with van der Waals surface area (Å²) in [4.78, 5) is 42.1. The zero-order chi connectivity index (χ0) is 27.5. The predicted molar refractivity (Wildman–Crippen MR) is 133 cm³/mol. The standard InChI is InChI=1S/C26H40N2O9/c1-15(2)13-34-20-10-8-9-18(26(31)37-17(5)22(20)33-7)28-24(29)21-23(19(32-6)11-12-27-21)35-14-36-25(30)16(3)4/h11-12,15-18,20,22H,8-10,13-14H2,1-7H3,(H,28,29). The Labute approximate surface area is 218 Å². The lowest BCUT2D eigenvalue weighted by molar-refractivity contribution is -0.165. The van der Waals surface area contributed by atoms with Gasteiger partial charge in [-0.2, -0.15) is 0 Å². The highest BCUT2D eigenvalue weighted by Crippen LogP contribution is 2.30. The molecule has 37 heavy (non-hydrogen) atoms. The van der Waals surface area contributed by atoms with Crippen molar-refractivity contribution >= 4 is 17.8 Å². The second-order valence-electron chi connectivity index (χ2n) is 9.64. The molecular weight excluding hydrogens is 484 g/mol. The number of aromatic nitrogens is 1. The van der Waals surface area contributed by atoms with Gasteiger partial charge < -0.3 is 33.7 Å². The average molecular weight is 525 g/mol. The van der Waals surface area contributed by atoms with Gasteiger partial charge in [-0.1, -0.05) is 27.7 Å². The molecule has 0 aliphatic carbocycles. The maximum atomic E-state index is 13.2. The zero-order valence-corrected chi connectivity index (χ0v) is 22.8. The SMILES string of the molecule is COc1ccnc(C(=O)NC2CCCC(OCC(C)C)C(OC)C(C)OC2=O)c1OCOC(=O)C(C)C. The molecule has 208 valence electrons. The first-order chi connectivity index (χ1) is 17.6. The molecule has 1 fully saturated rings. The van der Waals surface area contributed by atoms with E-state index in [1.165, 1.54) is 19.4 Å². The van der Waals surface area contributed by atoms with Crippen LogP contribution in [0.3, 0.4) is 0 Å². The fraction of sp³-hybridized carbons (Fsp3) is 0.692. The molecule has 1 aromatic heterocycles. The van der Waals surface area contributed by atoms with E-state index in [2.05, 4.69) is 24.1 Å². The molecule has 4 atom stereocenters. The predicted octanol–water partition coefficient (Wildman–Crippen LogP) is 2.90. The fourth-order valence-electron chi connectivity index (χ4n) is 3.84. The maximum absolute atomic E-state index is 13.2. The third kappa shape index (κ3) is 8.85. The van der Waals surface area contributed by atoms with Crippen LogP contribution in [0.4, 0.5) is 0 Å². The molecule has 1 aliphatic heterocycles. The summed E-state index contributed by atoms with van der Waals surface area (Å²) < 4.78 is 33.2. The third-order valence-electron chi connectivity index (χ3n) is 5.80. The Morgan fingerprint density at radius 1 is 1.19 bits per heavy atom. The van der Waals surface area contributed by atoms with Crippen LogP contribution in [0.1, 0.15) is 64.4 Å². The minimum absolute atomic E-state index is 0.00884. The van der Waals surface area contributed by atoms with Crippen LogP contribution in [0.2, 0.25) is 0 Å². The number of pyridine rings is 1. The van der Waals surface area contributed by atoms with Crippen molar-refractivity contribution in [3.63, 3.8) is 0 Å². The van der Waals surface area contributed by atoms with Crippen LogP contribution < -0.4 is 14.8 Å². The lowest BCUT2D eigenvalue weighted by Crippen LogP contribution is -2.45. The van der Waals surface area contributed by atoms with Gasteiger partial charge in [0, 0.05) is 26.0 Å². The number of carbonyl (C=O) groups is 3. The number of amides is 1. The van der Waals surface area contributed by atoms with Gasteiger partial charge in [-0.15, -0.1) is 0 Å². The van der Waals surface area contributed by atoms with Gasteiger partial charge in [0.25, 0.3) is 5.91 Å². The molecule has 1 amide bonds. The summed E-state index contributed by atoms with van der Waals surface area (Å²) in [6, 6.07) is 0.588. The number of esters is 2. The molecule has 0 radical (unpaired) electrons. The van der Waals surface area contributed by atoms with Gasteiger partial charge in [0.2, 0.25) is 6.79 Å². The summed E-state index contributed by atoms with van der Waals surface area (Å²) >= 11 is 0. The number of nitrogens with zero attached hydrogens (tertiary/aromatic N) is 1. The van der Waals surface area contributed by atoms with Crippen molar-refractivity contribution in [2.24, 2.45) is 11.8 Å². The van der Waals surface area contributed by atoms with Crippen LogP contribution in [0.5, 0.6) is 11.5 Å². The Bertz CT molecular complexity index is 906. The van der Waals surface area contributed by atoms with E-state index in [1.807, 2.05) is 0 Å². The second kappa shape index (κ2) is 14.7. The van der Waals surface area contributed by atoms with E-state index >= 15 is 0 Å². The van der Waals surface area contributed by atoms with Crippen LogP contribution in [0, 0.1) is 11.8 Å². The average Bonchev–Trinajstić information content (AvgIpc) is 2.90. The highest BCUT2D eigenvalue weighted by molar-refractivity contribution is 5.98. The molecule has 1 N–H and O–H groups in total. The highest BCUT2D eigenvalue weighted by Gasteiger charge is 2.35. The quantitative estimate of drug-likeness (QED) is 0.340. The van der Waals surface area contributed by atoms with Crippen LogP contribution in [-0.4, -0.2) is 74.8 Å². The molecular formula is C26H40N2O9. The minimum Gasteiger partial charge on any atom is -0.493 e. The molecule has 11 heteroatoms. The van der Waals surface area contributed by atoms with Crippen molar-refractivity contribution in [1.82, 2.24) is 10.3 Å². The van der Waals surface area contributed by atoms with Gasteiger partial charge in [-0.05, 0) is 32.1 Å². The molecule has 0 aromatic carbocycles. The van der Waals surface area contributed by atoms with Crippen molar-refractivity contribution in [1.29, 1.82) is 0 Å². The lowest BCUT2D eigenvalue weighted by Gasteiger charge is -2.30. The first kappa shape index (κ1) is 30.3. The number of rotatable bonds is 11. The van der Waals surface area contributed by atoms with Gasteiger partial charge in [0.05, 0.1) is 19.1 Å². The van der Waals surface area contributed by atoms with Crippen LogP contribution in [-0.2, 0) is 28.5 Å². The molecule has 11 nitrogen and oxygen atoms in total. The smallest absolute Gasteiger partial charge is 0.329 e. The van der Waals surface area contributed by atoms with E-state index in [4.69, 9.17) is 28.4 Å². The van der Waals surface area contributed by atoms with Crippen molar-refractivity contribution in [2.45, 2.75) is 78.2 Å². The topological polar surface area (TPSA) is 132 Å². The Hall–Kier alpha value is -2.92. The van der Waals surface area contributed by atoms with Crippen molar-refractivity contribution in [3.05, 3.63) is 18.0 Å². The number of carbonyl (C=O) groups excluding carboxylic acids is 3. The van der Waals surface area contributed by atoms with E-state index in [0.717, 1.165) is 0 Å². The second-order valence-corrected chi connectivity index (χ2v) is 9.64. The van der Waals surface area contributed by atoms with Gasteiger partial charge in [-0.3, -0.25) is 9.59 Å². The van der Waals surface area contributed by atoms with E-state index < -0.39 is 42.9 Å².